The highest BCUT2D eigenvalue weighted by atomic mass is 35.5. The summed E-state index contributed by atoms with van der Waals surface area (Å²) in [6.45, 7) is -0.310. The van der Waals surface area contributed by atoms with Crippen LogP contribution in [0, 0.1) is 0 Å². The van der Waals surface area contributed by atoms with E-state index < -0.39 is 24.6 Å². The van der Waals surface area contributed by atoms with Crippen LogP contribution in [0.2, 0.25) is 5.02 Å². The number of ether oxygens (including phenoxy) is 2. The molecule has 0 saturated carbocycles. The number of benzene rings is 2. The average Bonchev–Trinajstić information content (AvgIpc) is 3.71. The number of alkyl halides is 2. The van der Waals surface area contributed by atoms with Crippen LogP contribution < -0.4 is 11.1 Å². The van der Waals surface area contributed by atoms with Crippen molar-refractivity contribution < 1.29 is 27.8 Å². The van der Waals surface area contributed by atoms with Crippen LogP contribution in [0.5, 0.6) is 0 Å². The number of nitrogens with zero attached hydrogens (tertiary/aromatic N) is 6. The van der Waals surface area contributed by atoms with Crippen molar-refractivity contribution in [1.82, 2.24) is 35.2 Å². The van der Waals surface area contributed by atoms with Crippen LogP contribution in [0.1, 0.15) is 35.4 Å². The molecule has 4 N–H and O–H groups in total. The molecule has 230 valence electrons. The highest BCUT2D eigenvalue weighted by molar-refractivity contribution is 6.33. The fourth-order valence-electron chi connectivity index (χ4n) is 4.45. The van der Waals surface area contributed by atoms with Crippen LogP contribution >= 0.6 is 11.6 Å². The van der Waals surface area contributed by atoms with E-state index in [2.05, 4.69) is 30.6 Å². The van der Waals surface area contributed by atoms with Gasteiger partial charge in [0.05, 0.1) is 36.5 Å². The summed E-state index contributed by atoms with van der Waals surface area (Å²) in [5.41, 5.74) is 8.63. The maximum Gasteiger partial charge on any atom is 0.407 e. The maximum absolute atomic E-state index is 14.1. The summed E-state index contributed by atoms with van der Waals surface area (Å²) in [6.07, 6.45) is 3.15. The summed E-state index contributed by atoms with van der Waals surface area (Å²) in [5, 5.41) is 13.4. The third kappa shape index (κ3) is 6.84. The van der Waals surface area contributed by atoms with E-state index in [0.29, 0.717) is 51.0 Å². The van der Waals surface area contributed by atoms with E-state index in [4.69, 9.17) is 26.8 Å². The molecule has 1 fully saturated rings. The molecule has 44 heavy (non-hydrogen) atoms. The van der Waals surface area contributed by atoms with Crippen molar-refractivity contribution in [3.63, 3.8) is 0 Å². The van der Waals surface area contributed by atoms with Gasteiger partial charge in [0.1, 0.15) is 12.9 Å². The molecule has 1 aliphatic heterocycles. The zero-order valence-electron chi connectivity index (χ0n) is 23.4. The maximum atomic E-state index is 14.1. The van der Waals surface area contributed by atoms with Crippen LogP contribution in [0.15, 0.2) is 66.2 Å². The molecule has 1 aliphatic rings. The van der Waals surface area contributed by atoms with E-state index in [1.54, 1.807) is 37.3 Å². The monoisotopic (exact) mass is 627 g/mol. The number of guanidine groups is 1. The van der Waals surface area contributed by atoms with Crippen molar-refractivity contribution in [2.24, 2.45) is 10.7 Å². The highest BCUT2D eigenvalue weighted by Crippen LogP contribution is 2.32. The van der Waals surface area contributed by atoms with E-state index in [0.717, 1.165) is 0 Å². The zero-order valence-corrected chi connectivity index (χ0v) is 24.1. The Morgan fingerprint density at radius 3 is 2.64 bits per heavy atom. The van der Waals surface area contributed by atoms with Crippen LogP contribution in [0.25, 0.3) is 22.5 Å². The van der Waals surface area contributed by atoms with Crippen molar-refractivity contribution in [2.45, 2.75) is 25.6 Å². The zero-order chi connectivity index (χ0) is 31.2. The Hall–Kier alpha value is -4.89. The Bertz CT molecular complexity index is 1630. The van der Waals surface area contributed by atoms with Crippen molar-refractivity contribution in [3.8, 4) is 22.5 Å². The van der Waals surface area contributed by atoms with Gasteiger partial charge in [0, 0.05) is 29.4 Å². The molecule has 1 atom stereocenters. The van der Waals surface area contributed by atoms with Crippen LogP contribution in [0.4, 0.5) is 13.6 Å². The average molecular weight is 628 g/mol. The number of alkyl carbamates (subject to hydrolysis) is 1. The molecule has 0 bridgehead atoms. The lowest BCUT2D eigenvalue weighted by Gasteiger charge is -2.32. The number of aromatic amines is 1. The fourth-order valence-corrected chi connectivity index (χ4v) is 4.66. The molecule has 0 aliphatic carbocycles. The third-order valence-electron chi connectivity index (χ3n) is 6.74. The van der Waals surface area contributed by atoms with E-state index in [1.165, 1.54) is 35.8 Å². The van der Waals surface area contributed by atoms with Crippen molar-refractivity contribution in [2.75, 3.05) is 26.4 Å². The Kier molecular flexibility index (Phi) is 9.45. The van der Waals surface area contributed by atoms with Crippen molar-refractivity contribution in [3.05, 3.63) is 77.3 Å². The first-order valence-electron chi connectivity index (χ1n) is 13.5. The quantitative estimate of drug-likeness (QED) is 0.175. The number of nitrogens with one attached hydrogen (secondary N) is 2. The minimum absolute atomic E-state index is 0.114. The second-order valence-corrected chi connectivity index (χ2v) is 10.0. The molecule has 2 aromatic heterocycles. The number of aromatic nitrogens is 5. The molecule has 1 saturated heterocycles. The van der Waals surface area contributed by atoms with Crippen LogP contribution in [-0.2, 0) is 9.47 Å². The first-order valence-corrected chi connectivity index (χ1v) is 13.8. The fraction of sp³-hybridized carbons (Fsp3) is 0.286. The van der Waals surface area contributed by atoms with Gasteiger partial charge in [-0.25, -0.2) is 14.5 Å². The molecule has 13 nitrogen and oxygen atoms in total. The van der Waals surface area contributed by atoms with E-state index in [9.17, 15) is 18.4 Å². The second kappa shape index (κ2) is 13.6. The molecule has 0 unspecified atom stereocenters. The summed E-state index contributed by atoms with van der Waals surface area (Å²) < 4.78 is 37.2. The number of rotatable bonds is 10. The largest absolute Gasteiger partial charge is 0.447 e. The van der Waals surface area contributed by atoms with Gasteiger partial charge in [0.25, 0.3) is 5.91 Å². The van der Waals surface area contributed by atoms with Gasteiger partial charge in [-0.2, -0.15) is 19.0 Å². The van der Waals surface area contributed by atoms with Crippen molar-refractivity contribution in [1.29, 1.82) is 0 Å². The number of hydrogen-bond acceptors (Lipinski definition) is 8. The molecule has 0 radical (unpaired) electrons. The van der Waals surface area contributed by atoms with E-state index >= 15 is 0 Å². The van der Waals surface area contributed by atoms with Gasteiger partial charge in [0.2, 0.25) is 0 Å². The number of amides is 2. The Morgan fingerprint density at radius 1 is 1.25 bits per heavy atom. The number of aliphatic imine (C=N–C) groups is 1. The Morgan fingerprint density at radius 2 is 2.02 bits per heavy atom. The summed E-state index contributed by atoms with van der Waals surface area (Å²) >= 11 is 6.46. The predicted molar refractivity (Wildman–Crippen MR) is 156 cm³/mol. The molecule has 2 amide bonds. The predicted octanol–water partition coefficient (Wildman–Crippen LogP) is 4.03. The minimum atomic E-state index is -2.78. The van der Waals surface area contributed by atoms with Gasteiger partial charge in [-0.3, -0.25) is 19.8 Å². The topological polar surface area (TPSA) is 166 Å². The lowest BCUT2D eigenvalue weighted by molar-refractivity contribution is -0.00644. The smallest absolute Gasteiger partial charge is 0.407 e. The molecule has 16 heteroatoms. The number of halogens is 3. The van der Waals surface area contributed by atoms with E-state index in [-0.39, 0.29) is 30.7 Å². The summed E-state index contributed by atoms with van der Waals surface area (Å²) in [6, 6.07) is 10.1. The van der Waals surface area contributed by atoms with Gasteiger partial charge in [-0.15, -0.1) is 0 Å². The third-order valence-corrected chi connectivity index (χ3v) is 7.07. The Balaban J connectivity index is 1.50. The Labute approximate surface area is 255 Å². The summed E-state index contributed by atoms with van der Waals surface area (Å²) in [7, 11) is 0. The number of nitrogens with two attached hydrogens (primary N) is 1. The SMILES string of the molecule is CCN=C(N)N(C(=O)c1ccc(-c2cnn(C(F)F)c2)cc1)[C@H](COC(=O)NC1COC1)c1ccc(Cl)c(-c2ncn[nH]2)c1. The van der Waals surface area contributed by atoms with Crippen LogP contribution in [0.3, 0.4) is 0 Å². The molecular formula is C28H28ClF2N9O4. The molecule has 5 rings (SSSR count). The first-order chi connectivity index (χ1) is 21.2. The lowest BCUT2D eigenvalue weighted by atomic mass is 10.0. The van der Waals surface area contributed by atoms with Crippen molar-refractivity contribution >= 4 is 29.6 Å². The van der Waals surface area contributed by atoms with Gasteiger partial charge < -0.3 is 20.5 Å². The molecule has 0 spiro atoms. The highest BCUT2D eigenvalue weighted by Gasteiger charge is 2.32. The number of carbonyl (C=O) groups is 2. The van der Waals surface area contributed by atoms with E-state index in [1.807, 2.05) is 0 Å². The molecule has 2 aromatic carbocycles. The van der Waals surface area contributed by atoms with Crippen LogP contribution in [-0.4, -0.2) is 80.2 Å². The molecule has 4 aromatic rings. The van der Waals surface area contributed by atoms with Gasteiger partial charge >= 0.3 is 12.6 Å². The number of hydrogen-bond donors (Lipinski definition) is 3. The number of carbonyl (C=O) groups excluding carboxylic acids is 2. The first kappa shape index (κ1) is 30.6. The summed E-state index contributed by atoms with van der Waals surface area (Å²) in [5.74, 6) is -0.275. The van der Waals surface area contributed by atoms with Gasteiger partial charge in [-0.1, -0.05) is 29.8 Å². The normalized spacial score (nSPS) is 14.2. The lowest BCUT2D eigenvalue weighted by Crippen LogP contribution is -2.50. The molecular weight excluding hydrogens is 600 g/mol. The second-order valence-electron chi connectivity index (χ2n) is 9.64. The molecule has 3 heterocycles. The number of H-pyrrole nitrogens is 1. The summed E-state index contributed by atoms with van der Waals surface area (Å²) in [4.78, 5) is 36.4. The minimum Gasteiger partial charge on any atom is -0.447 e. The standard InChI is InChI=1S/C28H28ClF2N9O4/c1-2-33-27(32)40(25(41)17-5-3-16(4-6-17)19-10-36-39(11-19)26(30)31)23(14-44-28(42)37-20-12-43-13-20)18-7-8-22(29)21(9-18)24-34-15-35-38-24/h3-11,15,20,23,26H,2,12-14H2,1H3,(H2,32,33)(H,37,42)(H,34,35,38)/t23-/m1/s1. The van der Waals surface area contributed by atoms with Gasteiger partial charge in [0.15, 0.2) is 11.8 Å². The van der Waals surface area contributed by atoms with Gasteiger partial charge in [-0.05, 0) is 42.3 Å².